The lowest BCUT2D eigenvalue weighted by molar-refractivity contribution is -0.143. The van der Waals surface area contributed by atoms with Crippen LogP contribution in [0.5, 0.6) is 0 Å². The third-order valence-corrected chi connectivity index (χ3v) is 1.77. The van der Waals surface area contributed by atoms with Crippen molar-refractivity contribution in [3.05, 3.63) is 0 Å². The Morgan fingerprint density at radius 1 is 1.15 bits per heavy atom. The lowest BCUT2D eigenvalue weighted by Crippen LogP contribution is -2.18. The Balaban J connectivity index is 3.41. The van der Waals surface area contributed by atoms with Crippen LogP contribution in [0.15, 0.2) is 0 Å². The van der Waals surface area contributed by atoms with Gasteiger partial charge in [-0.1, -0.05) is 13.3 Å². The summed E-state index contributed by atoms with van der Waals surface area (Å²) in [5.41, 5.74) is 7.03. The second-order valence-electron chi connectivity index (χ2n) is 3.00. The maximum absolute atomic E-state index is 7.03. The van der Waals surface area contributed by atoms with Crippen LogP contribution in [0, 0.1) is 0 Å². The van der Waals surface area contributed by atoms with Gasteiger partial charge in [-0.15, -0.1) is 0 Å². The Morgan fingerprint density at radius 3 is 2.46 bits per heavy atom. The Morgan fingerprint density at radius 2 is 1.92 bits per heavy atom. The molecule has 0 spiro atoms. The molecule has 1 atom stereocenters. The first-order valence-electron chi connectivity index (χ1n) is 5.22. The molecule has 0 saturated carbocycles. The van der Waals surface area contributed by atoms with Gasteiger partial charge in [0.15, 0.2) is 6.29 Å². The van der Waals surface area contributed by atoms with Crippen LogP contribution in [-0.4, -0.2) is 26.0 Å². The van der Waals surface area contributed by atoms with E-state index in [0.717, 1.165) is 32.3 Å². The molecule has 0 amide bonds. The maximum atomic E-state index is 7.03. The monoisotopic (exact) mass is 188 g/mol. The Hall–Kier alpha value is -0.120. The van der Waals surface area contributed by atoms with Crippen LogP contribution < -0.4 is 5.73 Å². The molecule has 0 aromatic heterocycles. The molecular formula is C10H22NO2. The van der Waals surface area contributed by atoms with Crippen molar-refractivity contribution in [3.8, 4) is 0 Å². The number of hydrogen-bond donors (Lipinski definition) is 0. The van der Waals surface area contributed by atoms with Crippen molar-refractivity contribution in [2.75, 3.05) is 19.8 Å². The third kappa shape index (κ3) is 8.22. The Bertz CT molecular complexity index is 98.9. The zero-order chi connectivity index (χ0) is 9.94. The molecule has 0 saturated heterocycles. The number of hydrogen-bond acceptors (Lipinski definition) is 2. The van der Waals surface area contributed by atoms with Gasteiger partial charge in [0.25, 0.3) is 0 Å². The summed E-state index contributed by atoms with van der Waals surface area (Å²) in [6.07, 6.45) is 3.86. The first-order chi connectivity index (χ1) is 6.35. The van der Waals surface area contributed by atoms with Crippen LogP contribution in [0.4, 0.5) is 0 Å². The van der Waals surface area contributed by atoms with Gasteiger partial charge in [-0.3, -0.25) is 5.73 Å². The topological polar surface area (TPSA) is 42.3 Å². The van der Waals surface area contributed by atoms with E-state index in [4.69, 9.17) is 15.2 Å². The van der Waals surface area contributed by atoms with Gasteiger partial charge in [0.1, 0.15) is 0 Å². The van der Waals surface area contributed by atoms with Crippen LogP contribution in [-0.2, 0) is 9.47 Å². The second-order valence-corrected chi connectivity index (χ2v) is 3.00. The van der Waals surface area contributed by atoms with Gasteiger partial charge >= 0.3 is 0 Å². The molecule has 0 aliphatic carbocycles. The Labute approximate surface area is 81.6 Å². The smallest absolute Gasteiger partial charge is 0.157 e. The summed E-state index contributed by atoms with van der Waals surface area (Å²) in [6.45, 7) is 6.04. The molecule has 0 fully saturated rings. The predicted molar refractivity (Wildman–Crippen MR) is 53.5 cm³/mol. The molecule has 13 heavy (non-hydrogen) atoms. The van der Waals surface area contributed by atoms with Crippen molar-refractivity contribution < 1.29 is 9.47 Å². The van der Waals surface area contributed by atoms with Gasteiger partial charge in [0.05, 0.1) is 0 Å². The minimum Gasteiger partial charge on any atom is -0.353 e. The normalized spacial score (nSPS) is 13.2. The van der Waals surface area contributed by atoms with Gasteiger partial charge in [-0.2, -0.15) is 0 Å². The first-order valence-corrected chi connectivity index (χ1v) is 5.22. The SMILES string of the molecule is CCCCOC(CCC[NH])OCC. The minimum atomic E-state index is -0.0816. The number of unbranched alkanes of at least 4 members (excludes halogenated alkanes) is 1. The molecule has 0 aliphatic heterocycles. The third-order valence-electron chi connectivity index (χ3n) is 1.77. The molecule has 1 N–H and O–H groups in total. The molecule has 0 bridgehead atoms. The summed E-state index contributed by atoms with van der Waals surface area (Å²) < 4.78 is 10.9. The largest absolute Gasteiger partial charge is 0.353 e. The molecular weight excluding hydrogens is 166 g/mol. The van der Waals surface area contributed by atoms with E-state index in [0.29, 0.717) is 13.2 Å². The fraction of sp³-hybridized carbons (Fsp3) is 1.00. The van der Waals surface area contributed by atoms with E-state index in [1.807, 2.05) is 6.92 Å². The fourth-order valence-electron chi connectivity index (χ4n) is 1.03. The predicted octanol–water partition coefficient (Wildman–Crippen LogP) is 2.23. The molecule has 1 radical (unpaired) electrons. The van der Waals surface area contributed by atoms with E-state index >= 15 is 0 Å². The lowest BCUT2D eigenvalue weighted by Gasteiger charge is -2.16. The zero-order valence-electron chi connectivity index (χ0n) is 8.84. The van der Waals surface area contributed by atoms with E-state index in [1.165, 1.54) is 0 Å². The second kappa shape index (κ2) is 9.96. The molecule has 3 nitrogen and oxygen atoms in total. The zero-order valence-corrected chi connectivity index (χ0v) is 8.84. The standard InChI is InChI=1S/C10H22NO2/c1-3-5-9-13-10(12-4-2)7-6-8-11/h10-11H,3-9H2,1-2H3. The van der Waals surface area contributed by atoms with Gasteiger partial charge in [0.2, 0.25) is 0 Å². The van der Waals surface area contributed by atoms with Crippen LogP contribution in [0.2, 0.25) is 0 Å². The number of ether oxygens (including phenoxy) is 2. The summed E-state index contributed by atoms with van der Waals surface area (Å²) in [5.74, 6) is 0. The van der Waals surface area contributed by atoms with E-state index in [-0.39, 0.29) is 6.29 Å². The van der Waals surface area contributed by atoms with Crippen molar-refractivity contribution in [3.63, 3.8) is 0 Å². The molecule has 79 valence electrons. The van der Waals surface area contributed by atoms with Crippen LogP contribution in [0.3, 0.4) is 0 Å². The molecule has 0 aromatic carbocycles. The van der Waals surface area contributed by atoms with E-state index < -0.39 is 0 Å². The molecule has 1 unspecified atom stereocenters. The summed E-state index contributed by atoms with van der Waals surface area (Å²) in [6, 6.07) is 0. The highest BCUT2D eigenvalue weighted by molar-refractivity contribution is 4.47. The summed E-state index contributed by atoms with van der Waals surface area (Å²) >= 11 is 0. The summed E-state index contributed by atoms with van der Waals surface area (Å²) in [5, 5.41) is 0. The number of rotatable bonds is 9. The minimum absolute atomic E-state index is 0.0816. The molecule has 3 heteroatoms. The molecule has 0 rings (SSSR count). The van der Waals surface area contributed by atoms with E-state index in [2.05, 4.69) is 6.92 Å². The maximum Gasteiger partial charge on any atom is 0.157 e. The fourth-order valence-corrected chi connectivity index (χ4v) is 1.03. The van der Waals surface area contributed by atoms with Crippen LogP contribution in [0.25, 0.3) is 0 Å². The molecule has 0 aliphatic rings. The van der Waals surface area contributed by atoms with Gasteiger partial charge in [0, 0.05) is 19.8 Å². The quantitative estimate of drug-likeness (QED) is 0.411. The highest BCUT2D eigenvalue weighted by Crippen LogP contribution is 2.05. The van der Waals surface area contributed by atoms with Crippen molar-refractivity contribution in [2.45, 2.75) is 45.8 Å². The first kappa shape index (κ1) is 12.9. The molecule has 0 heterocycles. The van der Waals surface area contributed by atoms with Crippen molar-refractivity contribution in [1.29, 1.82) is 0 Å². The highest BCUT2D eigenvalue weighted by atomic mass is 16.7. The van der Waals surface area contributed by atoms with Gasteiger partial charge < -0.3 is 9.47 Å². The van der Waals surface area contributed by atoms with E-state index in [1.54, 1.807) is 0 Å². The lowest BCUT2D eigenvalue weighted by atomic mass is 10.3. The van der Waals surface area contributed by atoms with Crippen molar-refractivity contribution >= 4 is 0 Å². The summed E-state index contributed by atoms with van der Waals surface area (Å²) in [7, 11) is 0. The van der Waals surface area contributed by atoms with E-state index in [9.17, 15) is 0 Å². The Kier molecular flexibility index (Phi) is 9.87. The highest BCUT2D eigenvalue weighted by Gasteiger charge is 2.06. The van der Waals surface area contributed by atoms with Gasteiger partial charge in [-0.05, 0) is 26.2 Å². The van der Waals surface area contributed by atoms with Crippen molar-refractivity contribution in [2.24, 2.45) is 0 Å². The number of nitrogens with one attached hydrogen (secondary N) is 1. The average Bonchev–Trinajstić information content (AvgIpc) is 2.14. The average molecular weight is 188 g/mol. The van der Waals surface area contributed by atoms with Crippen LogP contribution >= 0.6 is 0 Å². The van der Waals surface area contributed by atoms with Crippen molar-refractivity contribution in [1.82, 2.24) is 5.73 Å². The van der Waals surface area contributed by atoms with Gasteiger partial charge in [-0.25, -0.2) is 0 Å². The van der Waals surface area contributed by atoms with Crippen LogP contribution in [0.1, 0.15) is 39.5 Å². The molecule has 0 aromatic rings. The summed E-state index contributed by atoms with van der Waals surface area (Å²) in [4.78, 5) is 0.